The minimum absolute atomic E-state index is 0.397. The lowest BCUT2D eigenvalue weighted by Gasteiger charge is -2.32. The third kappa shape index (κ3) is 3.02. The zero-order valence-corrected chi connectivity index (χ0v) is 17.1. The van der Waals surface area contributed by atoms with E-state index in [9.17, 15) is 0 Å². The van der Waals surface area contributed by atoms with Crippen LogP contribution in [0.15, 0.2) is 66.7 Å². The van der Waals surface area contributed by atoms with Crippen molar-refractivity contribution in [1.82, 2.24) is 9.97 Å². The summed E-state index contributed by atoms with van der Waals surface area (Å²) >= 11 is 0. The summed E-state index contributed by atoms with van der Waals surface area (Å²) in [7, 11) is -0.489. The molecule has 29 heavy (non-hydrogen) atoms. The molecule has 1 aliphatic heterocycles. The normalized spacial score (nSPS) is 17.9. The summed E-state index contributed by atoms with van der Waals surface area (Å²) in [5.74, 6) is 0. The van der Waals surface area contributed by atoms with Gasteiger partial charge in [0.05, 0.1) is 33.5 Å². The van der Waals surface area contributed by atoms with Crippen LogP contribution in [0, 0.1) is 0 Å². The molecule has 1 aliphatic rings. The van der Waals surface area contributed by atoms with Gasteiger partial charge >= 0.3 is 7.12 Å². The molecule has 4 aromatic rings. The number of hydrogen-bond acceptors (Lipinski definition) is 4. The van der Waals surface area contributed by atoms with Gasteiger partial charge in [0.2, 0.25) is 0 Å². The average Bonchev–Trinajstić information content (AvgIpc) is 2.95. The molecular weight excluding hydrogens is 359 g/mol. The third-order valence-electron chi connectivity index (χ3n) is 6.11. The van der Waals surface area contributed by atoms with Crippen molar-refractivity contribution in [3.63, 3.8) is 0 Å². The van der Waals surface area contributed by atoms with E-state index in [4.69, 9.17) is 19.3 Å². The van der Waals surface area contributed by atoms with Crippen molar-refractivity contribution in [2.75, 3.05) is 0 Å². The molecule has 0 N–H and O–H groups in total. The number of aromatic nitrogens is 2. The molecule has 5 rings (SSSR count). The Bertz CT molecular complexity index is 1210. The van der Waals surface area contributed by atoms with E-state index in [0.717, 1.165) is 38.7 Å². The number of rotatable bonds is 2. The Morgan fingerprint density at radius 2 is 1.21 bits per heavy atom. The molecular formula is C24H23BN2O2. The van der Waals surface area contributed by atoms with Crippen LogP contribution in [0.2, 0.25) is 0 Å². The van der Waals surface area contributed by atoms with Crippen LogP contribution in [-0.4, -0.2) is 28.3 Å². The minimum atomic E-state index is -0.489. The number of pyridine rings is 2. The Balaban J connectivity index is 1.65. The molecule has 3 heterocycles. The fourth-order valence-electron chi connectivity index (χ4n) is 3.65. The summed E-state index contributed by atoms with van der Waals surface area (Å²) in [5.41, 5.74) is 3.77. The summed E-state index contributed by atoms with van der Waals surface area (Å²) in [6, 6.07) is 22.6. The highest BCUT2D eigenvalue weighted by atomic mass is 16.7. The van der Waals surface area contributed by atoms with Gasteiger partial charge in [-0.15, -0.1) is 0 Å². The summed E-state index contributed by atoms with van der Waals surface area (Å²) in [6.07, 6.45) is 0. The fourth-order valence-corrected chi connectivity index (χ4v) is 3.65. The smallest absolute Gasteiger partial charge is 0.398 e. The highest BCUT2D eigenvalue weighted by Crippen LogP contribution is 2.36. The quantitative estimate of drug-likeness (QED) is 0.371. The molecule has 5 heteroatoms. The Morgan fingerprint density at radius 1 is 0.655 bits per heavy atom. The van der Waals surface area contributed by atoms with E-state index >= 15 is 0 Å². The van der Waals surface area contributed by atoms with Crippen LogP contribution in [0.1, 0.15) is 27.7 Å². The van der Waals surface area contributed by atoms with Gasteiger partial charge in [-0.2, -0.15) is 0 Å². The van der Waals surface area contributed by atoms with Crippen molar-refractivity contribution >= 4 is 34.5 Å². The molecule has 0 aliphatic carbocycles. The Kier molecular flexibility index (Phi) is 4.02. The van der Waals surface area contributed by atoms with Gasteiger partial charge in [-0.05, 0) is 39.8 Å². The second kappa shape index (κ2) is 6.38. The molecule has 0 unspecified atom stereocenters. The van der Waals surface area contributed by atoms with Crippen molar-refractivity contribution in [3.8, 4) is 11.3 Å². The number of fused-ring (bicyclic) bond motifs is 3. The second-order valence-corrected chi connectivity index (χ2v) is 8.60. The van der Waals surface area contributed by atoms with E-state index in [0.29, 0.717) is 0 Å². The molecule has 0 atom stereocenters. The molecule has 0 radical (unpaired) electrons. The molecule has 0 spiro atoms. The first kappa shape index (κ1) is 18.3. The lowest BCUT2D eigenvalue weighted by Crippen LogP contribution is -2.41. The predicted molar refractivity (Wildman–Crippen MR) is 118 cm³/mol. The van der Waals surface area contributed by atoms with Crippen molar-refractivity contribution in [2.45, 2.75) is 38.9 Å². The maximum Gasteiger partial charge on any atom is 0.514 e. The molecule has 0 amide bonds. The van der Waals surface area contributed by atoms with E-state index in [1.54, 1.807) is 0 Å². The molecule has 4 nitrogen and oxygen atoms in total. The van der Waals surface area contributed by atoms with Crippen LogP contribution in [0.4, 0.5) is 0 Å². The summed E-state index contributed by atoms with van der Waals surface area (Å²) in [4.78, 5) is 9.89. The summed E-state index contributed by atoms with van der Waals surface area (Å²) < 4.78 is 12.4. The van der Waals surface area contributed by atoms with Crippen molar-refractivity contribution in [2.24, 2.45) is 0 Å². The fraction of sp³-hybridized carbons (Fsp3) is 0.250. The first-order valence-electron chi connectivity index (χ1n) is 9.96. The minimum Gasteiger partial charge on any atom is -0.398 e. The highest BCUT2D eigenvalue weighted by molar-refractivity contribution is 6.61. The molecule has 0 bridgehead atoms. The summed E-state index contributed by atoms with van der Waals surface area (Å²) in [6.45, 7) is 8.21. The van der Waals surface area contributed by atoms with E-state index in [1.807, 2.05) is 24.3 Å². The van der Waals surface area contributed by atoms with Gasteiger partial charge in [0.15, 0.2) is 0 Å². The van der Waals surface area contributed by atoms with Gasteiger partial charge in [0.25, 0.3) is 0 Å². The molecule has 1 fully saturated rings. The molecule has 2 aromatic carbocycles. The molecule has 144 valence electrons. The maximum absolute atomic E-state index is 6.20. The molecule has 2 aromatic heterocycles. The van der Waals surface area contributed by atoms with Crippen molar-refractivity contribution in [3.05, 3.63) is 66.7 Å². The average molecular weight is 382 g/mol. The van der Waals surface area contributed by atoms with E-state index < -0.39 is 18.3 Å². The van der Waals surface area contributed by atoms with Crippen LogP contribution in [-0.2, 0) is 9.31 Å². The second-order valence-electron chi connectivity index (χ2n) is 8.60. The Morgan fingerprint density at radius 3 is 1.86 bits per heavy atom. The van der Waals surface area contributed by atoms with Gasteiger partial charge in [-0.25, -0.2) is 4.98 Å². The number of hydrogen-bond donors (Lipinski definition) is 0. The first-order valence-corrected chi connectivity index (χ1v) is 9.96. The van der Waals surface area contributed by atoms with Crippen LogP contribution < -0.4 is 5.59 Å². The SMILES string of the molecule is CC1(C)OB(c2ccc3ccc4ccc(-c5ccccc5)nc4c3n2)OC1(C)C. The predicted octanol–water partition coefficient (Wildman–Crippen LogP) is 4.75. The van der Waals surface area contributed by atoms with Gasteiger partial charge in [-0.1, -0.05) is 54.6 Å². The lowest BCUT2D eigenvalue weighted by atomic mass is 9.84. The van der Waals surface area contributed by atoms with Crippen LogP contribution >= 0.6 is 0 Å². The Hall–Kier alpha value is -2.76. The summed E-state index contributed by atoms with van der Waals surface area (Å²) in [5, 5.41) is 2.12. The highest BCUT2D eigenvalue weighted by Gasteiger charge is 2.52. The van der Waals surface area contributed by atoms with Crippen LogP contribution in [0.3, 0.4) is 0 Å². The number of nitrogens with zero attached hydrogens (tertiary/aromatic N) is 2. The monoisotopic (exact) mass is 382 g/mol. The van der Waals surface area contributed by atoms with Gasteiger partial charge in [-0.3, -0.25) is 4.98 Å². The third-order valence-corrected chi connectivity index (χ3v) is 6.11. The van der Waals surface area contributed by atoms with Gasteiger partial charge in [0.1, 0.15) is 0 Å². The maximum atomic E-state index is 6.20. The largest absolute Gasteiger partial charge is 0.514 e. The lowest BCUT2D eigenvalue weighted by molar-refractivity contribution is 0.00578. The van der Waals surface area contributed by atoms with Gasteiger partial charge in [0, 0.05) is 16.3 Å². The van der Waals surface area contributed by atoms with Gasteiger partial charge < -0.3 is 9.31 Å². The zero-order chi connectivity index (χ0) is 20.2. The first-order chi connectivity index (χ1) is 13.8. The van der Waals surface area contributed by atoms with E-state index in [1.165, 1.54) is 0 Å². The molecule has 1 saturated heterocycles. The van der Waals surface area contributed by atoms with Crippen LogP contribution in [0.25, 0.3) is 33.1 Å². The van der Waals surface area contributed by atoms with Crippen molar-refractivity contribution < 1.29 is 9.31 Å². The van der Waals surface area contributed by atoms with E-state index in [2.05, 4.69) is 70.2 Å². The van der Waals surface area contributed by atoms with Crippen molar-refractivity contribution in [1.29, 1.82) is 0 Å². The van der Waals surface area contributed by atoms with E-state index in [-0.39, 0.29) is 0 Å². The topological polar surface area (TPSA) is 44.2 Å². The molecule has 0 saturated carbocycles. The van der Waals surface area contributed by atoms with Crippen LogP contribution in [0.5, 0.6) is 0 Å². The standard InChI is InChI=1S/C24H23BN2O2/c1-23(2)24(3,4)29-25(28-23)20-15-13-18-11-10-17-12-14-19(16-8-6-5-7-9-16)26-21(17)22(18)27-20/h5-15H,1-4H3. The number of benzene rings is 2. The Labute approximate surface area is 171 Å². The zero-order valence-electron chi connectivity index (χ0n) is 17.1.